The lowest BCUT2D eigenvalue weighted by molar-refractivity contribution is 0.0517. The molecule has 1 aromatic rings. The second kappa shape index (κ2) is 8.09. The summed E-state index contributed by atoms with van der Waals surface area (Å²) in [6.07, 6.45) is 0. The summed E-state index contributed by atoms with van der Waals surface area (Å²) in [5.74, 6) is -0.738. The lowest BCUT2D eigenvalue weighted by Crippen LogP contribution is -2.36. The van der Waals surface area contributed by atoms with E-state index in [4.69, 9.17) is 9.47 Å². The number of ketones is 1. The Morgan fingerprint density at radius 2 is 2.05 bits per heavy atom. The number of esters is 1. The van der Waals surface area contributed by atoms with Gasteiger partial charge in [-0.25, -0.2) is 9.78 Å². The molecule has 7 heteroatoms. The van der Waals surface area contributed by atoms with Crippen molar-refractivity contribution in [2.75, 3.05) is 31.8 Å². The molecular formula is C14H22N2O4S. The Morgan fingerprint density at radius 1 is 1.38 bits per heavy atom. The smallest absolute Gasteiger partial charge is 0.358 e. The molecule has 0 radical (unpaired) electrons. The third-order valence-electron chi connectivity index (χ3n) is 2.93. The van der Waals surface area contributed by atoms with Crippen LogP contribution in [0.2, 0.25) is 0 Å². The first-order valence-corrected chi connectivity index (χ1v) is 7.72. The molecule has 1 aromatic heterocycles. The van der Waals surface area contributed by atoms with Gasteiger partial charge in [0.1, 0.15) is 4.88 Å². The first kappa shape index (κ1) is 17.6. The molecule has 0 spiro atoms. The molecule has 0 bridgehead atoms. The molecule has 1 rings (SSSR count). The van der Waals surface area contributed by atoms with Gasteiger partial charge in [-0.3, -0.25) is 4.79 Å². The Hall–Kier alpha value is -1.47. The number of thiazole rings is 1. The van der Waals surface area contributed by atoms with E-state index >= 15 is 0 Å². The number of carbonyl (C=O) groups excluding carboxylic acids is 2. The molecule has 0 aliphatic carbocycles. The van der Waals surface area contributed by atoms with Crippen LogP contribution < -0.4 is 4.90 Å². The van der Waals surface area contributed by atoms with Crippen LogP contribution in [0.3, 0.4) is 0 Å². The van der Waals surface area contributed by atoms with Crippen molar-refractivity contribution in [1.29, 1.82) is 0 Å². The third-order valence-corrected chi connectivity index (χ3v) is 4.12. The largest absolute Gasteiger partial charge is 0.461 e. The van der Waals surface area contributed by atoms with E-state index in [1.165, 1.54) is 18.3 Å². The number of hydrogen-bond acceptors (Lipinski definition) is 7. The highest BCUT2D eigenvalue weighted by atomic mass is 32.1. The van der Waals surface area contributed by atoms with E-state index in [2.05, 4.69) is 4.98 Å². The maximum absolute atomic E-state index is 11.9. The van der Waals surface area contributed by atoms with Gasteiger partial charge < -0.3 is 14.4 Å². The lowest BCUT2D eigenvalue weighted by Gasteiger charge is -2.26. The van der Waals surface area contributed by atoms with Gasteiger partial charge in [0.05, 0.1) is 19.3 Å². The Balaban J connectivity index is 3.16. The molecule has 0 amide bonds. The third kappa shape index (κ3) is 4.25. The number of rotatable bonds is 8. The fraction of sp³-hybridized carbons (Fsp3) is 0.643. The topological polar surface area (TPSA) is 68.7 Å². The second-order valence-electron chi connectivity index (χ2n) is 4.54. The molecular weight excluding hydrogens is 292 g/mol. The van der Waals surface area contributed by atoms with Crippen LogP contribution in [0.1, 0.15) is 47.9 Å². The zero-order valence-corrected chi connectivity index (χ0v) is 14.0. The van der Waals surface area contributed by atoms with E-state index in [1.54, 1.807) is 14.0 Å². The van der Waals surface area contributed by atoms with Crippen LogP contribution in [0.25, 0.3) is 0 Å². The van der Waals surface area contributed by atoms with Crippen LogP contribution in [0.4, 0.5) is 5.13 Å². The van der Waals surface area contributed by atoms with Crippen LogP contribution in [0, 0.1) is 0 Å². The molecule has 6 nitrogen and oxygen atoms in total. The summed E-state index contributed by atoms with van der Waals surface area (Å²) in [4.78, 5) is 30.3. The zero-order chi connectivity index (χ0) is 16.0. The normalized spacial score (nSPS) is 12.0. The summed E-state index contributed by atoms with van der Waals surface area (Å²) in [7, 11) is 1.64. The Bertz CT molecular complexity index is 501. The summed E-state index contributed by atoms with van der Waals surface area (Å²) >= 11 is 1.22. The molecule has 0 N–H and O–H groups in total. The predicted octanol–water partition coefficient (Wildman–Crippen LogP) is 2.38. The number of aromatic nitrogens is 1. The molecule has 0 saturated heterocycles. The molecule has 21 heavy (non-hydrogen) atoms. The number of anilines is 1. The summed E-state index contributed by atoms with van der Waals surface area (Å²) in [6.45, 7) is 8.64. The molecule has 0 aliphatic rings. The fourth-order valence-corrected chi connectivity index (χ4v) is 3.09. The van der Waals surface area contributed by atoms with Gasteiger partial charge in [0, 0.05) is 20.6 Å². The molecule has 0 saturated carbocycles. The number of Topliss-reactive ketones (excluding diaryl/α,β-unsaturated/α-hetero) is 1. The van der Waals surface area contributed by atoms with Crippen molar-refractivity contribution in [1.82, 2.24) is 4.98 Å². The van der Waals surface area contributed by atoms with Crippen molar-refractivity contribution in [3.8, 4) is 0 Å². The monoisotopic (exact) mass is 314 g/mol. The Labute approximate surface area is 129 Å². The molecule has 0 aliphatic heterocycles. The van der Waals surface area contributed by atoms with Gasteiger partial charge in [-0.2, -0.15) is 0 Å². The van der Waals surface area contributed by atoms with E-state index in [9.17, 15) is 9.59 Å². The second-order valence-corrected chi connectivity index (χ2v) is 5.52. The minimum atomic E-state index is -0.555. The van der Waals surface area contributed by atoms with Crippen molar-refractivity contribution in [3.63, 3.8) is 0 Å². The molecule has 118 valence electrons. The summed E-state index contributed by atoms with van der Waals surface area (Å²) in [5, 5.41) is 0.635. The number of ether oxygens (including phenoxy) is 2. The molecule has 1 heterocycles. The van der Waals surface area contributed by atoms with Gasteiger partial charge in [-0.15, -0.1) is 0 Å². The van der Waals surface area contributed by atoms with Crippen LogP contribution in [0.5, 0.6) is 0 Å². The molecule has 0 fully saturated rings. The zero-order valence-electron chi connectivity index (χ0n) is 13.1. The minimum Gasteiger partial charge on any atom is -0.461 e. The van der Waals surface area contributed by atoms with Gasteiger partial charge in [-0.1, -0.05) is 11.3 Å². The summed E-state index contributed by atoms with van der Waals surface area (Å²) in [5.41, 5.74) is 0.104. The summed E-state index contributed by atoms with van der Waals surface area (Å²) in [6, 6.07) is 0.0982. The predicted molar refractivity (Wildman–Crippen MR) is 82.4 cm³/mol. The van der Waals surface area contributed by atoms with Crippen LogP contribution >= 0.6 is 11.3 Å². The van der Waals surface area contributed by atoms with Gasteiger partial charge in [0.2, 0.25) is 0 Å². The lowest BCUT2D eigenvalue weighted by atomic mass is 10.3. The van der Waals surface area contributed by atoms with E-state index < -0.39 is 5.97 Å². The van der Waals surface area contributed by atoms with Crippen LogP contribution in [-0.2, 0) is 9.47 Å². The van der Waals surface area contributed by atoms with Crippen molar-refractivity contribution in [3.05, 3.63) is 10.6 Å². The first-order chi connectivity index (χ1) is 9.96. The molecule has 1 atom stereocenters. The molecule has 0 aromatic carbocycles. The van der Waals surface area contributed by atoms with Gasteiger partial charge in [0.25, 0.3) is 0 Å². The van der Waals surface area contributed by atoms with Crippen molar-refractivity contribution in [2.24, 2.45) is 0 Å². The minimum absolute atomic E-state index is 0.0982. The number of nitrogens with zero attached hydrogens (tertiary/aromatic N) is 2. The number of hydrogen-bond donors (Lipinski definition) is 0. The van der Waals surface area contributed by atoms with Crippen LogP contribution in [0.15, 0.2) is 0 Å². The fourth-order valence-electron chi connectivity index (χ4n) is 1.97. The molecule has 1 unspecified atom stereocenters. The highest BCUT2D eigenvalue weighted by Gasteiger charge is 2.25. The van der Waals surface area contributed by atoms with E-state index in [0.717, 1.165) is 0 Å². The SMILES string of the molecule is CCOC(=O)c1nc(N(CC)C(C)COC)sc1C(C)=O. The van der Waals surface area contributed by atoms with Crippen LogP contribution in [-0.4, -0.2) is 49.6 Å². The highest BCUT2D eigenvalue weighted by molar-refractivity contribution is 7.17. The average molecular weight is 314 g/mol. The van der Waals surface area contributed by atoms with Crippen molar-refractivity contribution >= 4 is 28.2 Å². The first-order valence-electron chi connectivity index (χ1n) is 6.90. The average Bonchev–Trinajstić information content (AvgIpc) is 2.85. The number of methoxy groups -OCH3 is 1. The van der Waals surface area contributed by atoms with Gasteiger partial charge in [0.15, 0.2) is 16.6 Å². The van der Waals surface area contributed by atoms with E-state index in [1.807, 2.05) is 18.7 Å². The van der Waals surface area contributed by atoms with Gasteiger partial charge >= 0.3 is 5.97 Å². The Morgan fingerprint density at radius 3 is 2.52 bits per heavy atom. The van der Waals surface area contributed by atoms with Crippen molar-refractivity contribution in [2.45, 2.75) is 33.7 Å². The quantitative estimate of drug-likeness (QED) is 0.542. The maximum Gasteiger partial charge on any atom is 0.358 e. The summed E-state index contributed by atoms with van der Waals surface area (Å²) < 4.78 is 10.1. The maximum atomic E-state index is 11.9. The number of carbonyl (C=O) groups is 2. The van der Waals surface area contributed by atoms with E-state index in [-0.39, 0.29) is 24.1 Å². The van der Waals surface area contributed by atoms with E-state index in [0.29, 0.717) is 23.2 Å². The van der Waals surface area contributed by atoms with Crippen molar-refractivity contribution < 1.29 is 19.1 Å². The van der Waals surface area contributed by atoms with Gasteiger partial charge in [-0.05, 0) is 20.8 Å². The Kier molecular flexibility index (Phi) is 6.77. The number of likely N-dealkylation sites (N-methyl/N-ethyl adjacent to an activating group) is 1. The highest BCUT2D eigenvalue weighted by Crippen LogP contribution is 2.28. The standard InChI is InChI=1S/C14H22N2O4S/c1-6-16(9(3)8-19-5)14-15-11(13(18)20-7-2)12(21-14)10(4)17/h9H,6-8H2,1-5H3.